The highest BCUT2D eigenvalue weighted by molar-refractivity contribution is 5.90. The normalized spacial score (nSPS) is 16.0. The molecule has 3 rings (SSSR count). The number of nitrogens with zero attached hydrogens (tertiary/aromatic N) is 2. The lowest BCUT2D eigenvalue weighted by Gasteiger charge is -2.46. The van der Waals surface area contributed by atoms with Gasteiger partial charge < -0.3 is 10.2 Å². The number of rotatable bonds is 4. The maximum absolute atomic E-state index is 12.6. The van der Waals surface area contributed by atoms with Crippen LogP contribution >= 0.6 is 0 Å². The smallest absolute Gasteiger partial charge is 0.321 e. The van der Waals surface area contributed by atoms with Gasteiger partial charge in [0.15, 0.2) is 0 Å². The Balaban J connectivity index is 1.53. The fourth-order valence-electron chi connectivity index (χ4n) is 3.41. The zero-order chi connectivity index (χ0) is 20.5. The summed E-state index contributed by atoms with van der Waals surface area (Å²) >= 11 is 0. The van der Waals surface area contributed by atoms with Gasteiger partial charge in [-0.25, -0.2) is 4.79 Å². The van der Waals surface area contributed by atoms with Crippen LogP contribution in [0.1, 0.15) is 29.7 Å². The molecule has 28 heavy (non-hydrogen) atoms. The lowest BCUT2D eigenvalue weighted by molar-refractivity contribution is -0.137. The number of amides is 2. The first kappa shape index (κ1) is 20.2. The number of halogens is 3. The molecule has 0 radical (unpaired) electrons. The van der Waals surface area contributed by atoms with Gasteiger partial charge in [-0.1, -0.05) is 24.3 Å². The van der Waals surface area contributed by atoms with E-state index in [9.17, 15) is 18.0 Å². The van der Waals surface area contributed by atoms with Crippen LogP contribution in [0.3, 0.4) is 0 Å². The van der Waals surface area contributed by atoms with Gasteiger partial charge >= 0.3 is 12.2 Å². The minimum Gasteiger partial charge on any atom is -0.321 e. The van der Waals surface area contributed by atoms with Gasteiger partial charge in [-0.15, -0.1) is 0 Å². The molecule has 2 aromatic rings. The number of benzene rings is 2. The lowest BCUT2D eigenvalue weighted by Crippen LogP contribution is -2.61. The Morgan fingerprint density at radius 1 is 1.14 bits per heavy atom. The monoisotopic (exact) mass is 391 g/mol. The highest BCUT2D eigenvalue weighted by atomic mass is 19.4. The van der Waals surface area contributed by atoms with E-state index in [1.165, 1.54) is 23.3 Å². The minimum atomic E-state index is -4.38. The van der Waals surface area contributed by atoms with E-state index < -0.39 is 11.7 Å². The molecule has 2 amide bonds. The fourth-order valence-corrected chi connectivity index (χ4v) is 3.41. The van der Waals surface area contributed by atoms with Gasteiger partial charge in [-0.3, -0.25) is 4.90 Å². The Morgan fingerprint density at radius 2 is 1.75 bits per heavy atom. The molecule has 1 atom stereocenters. The molecular weight excluding hydrogens is 367 g/mol. The summed E-state index contributed by atoms with van der Waals surface area (Å²) in [5, 5.41) is 2.65. The highest BCUT2D eigenvalue weighted by Crippen LogP contribution is 2.30. The van der Waals surface area contributed by atoms with Crippen molar-refractivity contribution < 1.29 is 18.0 Å². The standard InChI is InChI=1S/C21H24F3N3O/c1-14-6-4-5-7-19(14)15(2)26(3)18-12-27(13-18)20(28)25-17-10-8-16(9-11-17)21(22,23)24/h4-11,15,18H,12-13H2,1-3H3,(H,25,28). The molecule has 7 heteroatoms. The number of carbonyl (C=O) groups excluding carboxylic acids is 1. The summed E-state index contributed by atoms with van der Waals surface area (Å²) in [7, 11) is 2.05. The van der Waals surface area contributed by atoms with Gasteiger partial charge in [0.1, 0.15) is 0 Å². The largest absolute Gasteiger partial charge is 0.416 e. The molecule has 1 aliphatic rings. The van der Waals surface area contributed by atoms with Crippen molar-refractivity contribution in [3.05, 3.63) is 65.2 Å². The summed E-state index contributed by atoms with van der Waals surface area (Å²) in [6.07, 6.45) is -4.38. The Hall–Kier alpha value is -2.54. The van der Waals surface area contributed by atoms with E-state index >= 15 is 0 Å². The third-order valence-electron chi connectivity index (χ3n) is 5.44. The average Bonchev–Trinajstić information content (AvgIpc) is 2.60. The molecule has 1 saturated heterocycles. The number of alkyl halides is 3. The molecule has 2 aromatic carbocycles. The second-order valence-electron chi connectivity index (χ2n) is 7.26. The highest BCUT2D eigenvalue weighted by Gasteiger charge is 2.35. The van der Waals surface area contributed by atoms with Crippen LogP contribution in [0.5, 0.6) is 0 Å². The summed E-state index contributed by atoms with van der Waals surface area (Å²) in [6, 6.07) is 12.9. The van der Waals surface area contributed by atoms with Gasteiger partial charge in [0.05, 0.1) is 5.56 Å². The van der Waals surface area contributed by atoms with Crippen LogP contribution in [0, 0.1) is 6.92 Å². The second kappa shape index (κ2) is 7.83. The number of hydrogen-bond donors (Lipinski definition) is 1. The number of likely N-dealkylation sites (tertiary alicyclic amines) is 1. The topological polar surface area (TPSA) is 35.6 Å². The van der Waals surface area contributed by atoms with Crippen LogP contribution < -0.4 is 5.32 Å². The minimum absolute atomic E-state index is 0.228. The second-order valence-corrected chi connectivity index (χ2v) is 7.26. The third kappa shape index (κ3) is 4.30. The Bertz CT molecular complexity index is 830. The van der Waals surface area contributed by atoms with E-state index in [1.807, 2.05) is 19.2 Å². The molecule has 1 unspecified atom stereocenters. The van der Waals surface area contributed by atoms with Crippen LogP contribution in [0.15, 0.2) is 48.5 Å². The molecule has 1 aliphatic heterocycles. The van der Waals surface area contributed by atoms with Gasteiger partial charge in [0.25, 0.3) is 0 Å². The van der Waals surface area contributed by atoms with Crippen molar-refractivity contribution in [2.75, 3.05) is 25.5 Å². The van der Waals surface area contributed by atoms with E-state index in [-0.39, 0.29) is 18.1 Å². The first-order chi connectivity index (χ1) is 13.2. The zero-order valence-electron chi connectivity index (χ0n) is 16.1. The zero-order valence-corrected chi connectivity index (χ0v) is 16.1. The van der Waals surface area contributed by atoms with Crippen molar-refractivity contribution in [1.29, 1.82) is 0 Å². The molecule has 1 heterocycles. The molecule has 150 valence electrons. The molecule has 1 fully saturated rings. The van der Waals surface area contributed by atoms with Crippen molar-refractivity contribution in [1.82, 2.24) is 9.80 Å². The Morgan fingerprint density at radius 3 is 2.32 bits per heavy atom. The quantitative estimate of drug-likeness (QED) is 0.803. The van der Waals surface area contributed by atoms with Crippen molar-refractivity contribution in [2.45, 2.75) is 32.1 Å². The number of anilines is 1. The van der Waals surface area contributed by atoms with Gasteiger partial charge in [0, 0.05) is 30.9 Å². The van der Waals surface area contributed by atoms with E-state index in [0.29, 0.717) is 18.8 Å². The fraction of sp³-hybridized carbons (Fsp3) is 0.381. The van der Waals surface area contributed by atoms with Crippen LogP contribution in [0.4, 0.5) is 23.7 Å². The first-order valence-corrected chi connectivity index (χ1v) is 9.17. The van der Waals surface area contributed by atoms with Crippen molar-refractivity contribution in [3.63, 3.8) is 0 Å². The Kier molecular flexibility index (Phi) is 5.65. The number of carbonyl (C=O) groups is 1. The average molecular weight is 391 g/mol. The molecule has 0 saturated carbocycles. The molecule has 4 nitrogen and oxygen atoms in total. The summed E-state index contributed by atoms with van der Waals surface area (Å²) < 4.78 is 37.8. The van der Waals surface area contributed by atoms with E-state index in [1.54, 1.807) is 4.90 Å². The maximum atomic E-state index is 12.6. The van der Waals surface area contributed by atoms with Crippen LogP contribution in [-0.4, -0.2) is 42.0 Å². The summed E-state index contributed by atoms with van der Waals surface area (Å²) in [4.78, 5) is 16.2. The van der Waals surface area contributed by atoms with Crippen molar-refractivity contribution >= 4 is 11.7 Å². The molecule has 1 N–H and O–H groups in total. The lowest BCUT2D eigenvalue weighted by atomic mass is 9.98. The number of likely N-dealkylation sites (N-methyl/N-ethyl adjacent to an activating group) is 1. The molecule has 0 bridgehead atoms. The van der Waals surface area contributed by atoms with E-state index in [4.69, 9.17) is 0 Å². The van der Waals surface area contributed by atoms with E-state index in [2.05, 4.69) is 36.2 Å². The van der Waals surface area contributed by atoms with Crippen LogP contribution in [-0.2, 0) is 6.18 Å². The maximum Gasteiger partial charge on any atom is 0.416 e. The predicted molar refractivity (Wildman–Crippen MR) is 103 cm³/mol. The molecule has 0 aliphatic carbocycles. The Labute approximate surface area is 162 Å². The number of hydrogen-bond acceptors (Lipinski definition) is 2. The first-order valence-electron chi connectivity index (χ1n) is 9.17. The molecule has 0 spiro atoms. The predicted octanol–water partition coefficient (Wildman–Crippen LogP) is 4.92. The molecule has 0 aromatic heterocycles. The van der Waals surface area contributed by atoms with Gasteiger partial charge in [-0.05, 0) is 56.3 Å². The summed E-state index contributed by atoms with van der Waals surface area (Å²) in [6.45, 7) is 5.40. The number of urea groups is 1. The number of nitrogens with one attached hydrogen (secondary N) is 1. The third-order valence-corrected chi connectivity index (χ3v) is 5.44. The van der Waals surface area contributed by atoms with Gasteiger partial charge in [0.2, 0.25) is 0 Å². The summed E-state index contributed by atoms with van der Waals surface area (Å²) in [5.41, 5.74) is 2.11. The van der Waals surface area contributed by atoms with E-state index in [0.717, 1.165) is 12.1 Å². The number of aryl methyl sites for hydroxylation is 1. The van der Waals surface area contributed by atoms with Crippen molar-refractivity contribution in [3.8, 4) is 0 Å². The van der Waals surface area contributed by atoms with Crippen molar-refractivity contribution in [2.24, 2.45) is 0 Å². The van der Waals surface area contributed by atoms with Gasteiger partial charge in [-0.2, -0.15) is 13.2 Å². The molecular formula is C21H24F3N3O. The van der Waals surface area contributed by atoms with Crippen LogP contribution in [0.25, 0.3) is 0 Å². The summed E-state index contributed by atoms with van der Waals surface area (Å²) in [5.74, 6) is 0. The SMILES string of the molecule is Cc1ccccc1C(C)N(C)C1CN(C(=O)Nc2ccc(C(F)(F)F)cc2)C1. The van der Waals surface area contributed by atoms with Crippen LogP contribution in [0.2, 0.25) is 0 Å².